The van der Waals surface area contributed by atoms with Crippen molar-refractivity contribution < 1.29 is 18.8 Å². The van der Waals surface area contributed by atoms with E-state index in [-0.39, 0.29) is 0 Å². The monoisotopic (exact) mass is 491 g/mol. The van der Waals surface area contributed by atoms with Crippen molar-refractivity contribution >= 4 is 29.6 Å². The lowest BCUT2D eigenvalue weighted by atomic mass is 9.85. The van der Waals surface area contributed by atoms with Crippen LogP contribution in [-0.2, 0) is 15.4 Å². The molecule has 0 N–H and O–H groups in total. The standard InChI is InChI=1S/C24H22ClNO2.C5H10NO/c1-27-18-14-26(15-18)17-10-11-21-23(12-17)28-22-9-5-4-8-20(22)24(21)19-7-3-2-6-16(19)13-25;1-6-3-5(4-6)7-2/h2-4,6-12,18H,5,13-15H2,1H3;5H,1,3-4H2,2H3/q;+1. The maximum atomic E-state index is 6.33. The molecule has 3 heterocycles. The molecule has 0 spiro atoms. The zero-order valence-corrected chi connectivity index (χ0v) is 21.1. The first-order valence-corrected chi connectivity index (χ1v) is 12.6. The predicted molar refractivity (Wildman–Crippen MR) is 142 cm³/mol. The number of fused-ring (bicyclic) bond motifs is 2. The Morgan fingerprint density at radius 1 is 1.06 bits per heavy atom. The number of hydrogen-bond donors (Lipinski definition) is 0. The summed E-state index contributed by atoms with van der Waals surface area (Å²) >= 11 is 6.27. The molecule has 6 heteroatoms. The Morgan fingerprint density at radius 3 is 2.51 bits per heavy atom. The molecule has 0 atom stereocenters. The lowest BCUT2D eigenvalue weighted by molar-refractivity contribution is -0.601. The largest absolute Gasteiger partial charge is 0.456 e. The summed E-state index contributed by atoms with van der Waals surface area (Å²) in [6.07, 6.45) is 8.16. The van der Waals surface area contributed by atoms with Gasteiger partial charge in [-0.2, -0.15) is 0 Å². The van der Waals surface area contributed by atoms with E-state index in [2.05, 4.69) is 66.2 Å². The second-order valence-electron chi connectivity index (χ2n) is 9.22. The van der Waals surface area contributed by atoms with Gasteiger partial charge in [-0.15, -0.1) is 11.6 Å². The normalized spacial score (nSPS) is 19.0. The minimum atomic E-state index is 0.320. The number of allylic oxidation sites excluding steroid dienone is 3. The Bertz CT molecular complexity index is 1200. The minimum absolute atomic E-state index is 0.320. The Labute approximate surface area is 212 Å². The van der Waals surface area contributed by atoms with Gasteiger partial charge in [-0.3, -0.25) is 0 Å². The molecule has 2 saturated heterocycles. The average Bonchev–Trinajstić information content (AvgIpc) is 2.85. The molecule has 0 amide bonds. The molecule has 3 aliphatic heterocycles. The molecule has 6 rings (SSSR count). The van der Waals surface area contributed by atoms with Gasteiger partial charge in [-0.05, 0) is 35.8 Å². The van der Waals surface area contributed by atoms with Gasteiger partial charge in [-0.1, -0.05) is 36.4 Å². The lowest BCUT2D eigenvalue weighted by Gasteiger charge is -2.40. The summed E-state index contributed by atoms with van der Waals surface area (Å²) in [4.78, 5) is 2.32. The third-order valence-electron chi connectivity index (χ3n) is 6.95. The predicted octanol–water partition coefficient (Wildman–Crippen LogP) is 5.03. The van der Waals surface area contributed by atoms with Gasteiger partial charge in [0, 0.05) is 61.7 Å². The number of rotatable bonds is 5. The molecule has 4 aliphatic rings. The van der Waals surface area contributed by atoms with Gasteiger partial charge >= 0.3 is 0 Å². The van der Waals surface area contributed by atoms with Crippen LogP contribution in [0.1, 0.15) is 23.1 Å². The summed E-state index contributed by atoms with van der Waals surface area (Å²) in [5, 5.41) is 0. The number of anilines is 1. The second-order valence-corrected chi connectivity index (χ2v) is 9.49. The Hall–Kier alpha value is -2.86. The van der Waals surface area contributed by atoms with Gasteiger partial charge in [0.2, 0.25) is 0 Å². The van der Waals surface area contributed by atoms with Crippen LogP contribution < -0.4 is 9.64 Å². The van der Waals surface area contributed by atoms with E-state index in [1.165, 1.54) is 16.8 Å². The van der Waals surface area contributed by atoms with Crippen molar-refractivity contribution in [3.05, 3.63) is 88.7 Å². The number of hydrogen-bond acceptors (Lipinski definition) is 4. The van der Waals surface area contributed by atoms with Gasteiger partial charge in [0.1, 0.15) is 18.2 Å². The number of nitrogens with zero attached hydrogens (tertiary/aromatic N) is 2. The zero-order valence-electron chi connectivity index (χ0n) is 20.4. The Balaban J connectivity index is 0.000000313. The van der Waals surface area contributed by atoms with Crippen LogP contribution in [0.15, 0.2) is 72.0 Å². The van der Waals surface area contributed by atoms with Crippen molar-refractivity contribution in [2.24, 2.45) is 0 Å². The van der Waals surface area contributed by atoms with Crippen LogP contribution in [-0.4, -0.2) is 63.9 Å². The van der Waals surface area contributed by atoms with Crippen LogP contribution in [0, 0.1) is 0 Å². The molecule has 2 aromatic carbocycles. The van der Waals surface area contributed by atoms with Crippen molar-refractivity contribution in [3.63, 3.8) is 0 Å². The van der Waals surface area contributed by atoms with Crippen LogP contribution in [0.3, 0.4) is 0 Å². The first kappa shape index (κ1) is 23.9. The van der Waals surface area contributed by atoms with Crippen LogP contribution in [0.25, 0.3) is 5.57 Å². The maximum absolute atomic E-state index is 6.33. The highest BCUT2D eigenvalue weighted by Gasteiger charge is 2.30. The first-order valence-electron chi connectivity index (χ1n) is 12.0. The molecule has 0 unspecified atom stereocenters. The molecular weight excluding hydrogens is 460 g/mol. The number of ether oxygens (including phenoxy) is 3. The van der Waals surface area contributed by atoms with Crippen molar-refractivity contribution in [1.29, 1.82) is 0 Å². The molecule has 5 nitrogen and oxygen atoms in total. The van der Waals surface area contributed by atoms with Gasteiger partial charge < -0.3 is 19.1 Å². The van der Waals surface area contributed by atoms with E-state index in [4.69, 9.17) is 25.8 Å². The second kappa shape index (κ2) is 10.4. The summed E-state index contributed by atoms with van der Waals surface area (Å²) in [5.41, 5.74) is 6.92. The molecule has 182 valence electrons. The molecule has 0 bridgehead atoms. The van der Waals surface area contributed by atoms with Gasteiger partial charge in [0.15, 0.2) is 19.2 Å². The third kappa shape index (κ3) is 4.81. The highest BCUT2D eigenvalue weighted by atomic mass is 35.5. The van der Waals surface area contributed by atoms with E-state index in [9.17, 15) is 0 Å². The molecule has 2 fully saturated rings. The summed E-state index contributed by atoms with van der Waals surface area (Å²) in [7, 11) is 3.51. The Morgan fingerprint density at radius 2 is 1.83 bits per heavy atom. The van der Waals surface area contributed by atoms with E-state index in [0.717, 1.165) is 60.8 Å². The van der Waals surface area contributed by atoms with E-state index < -0.39 is 0 Å². The number of methoxy groups -OCH3 is 2. The topological polar surface area (TPSA) is 33.9 Å². The fourth-order valence-corrected chi connectivity index (χ4v) is 4.99. The molecule has 0 aromatic heterocycles. The molecule has 35 heavy (non-hydrogen) atoms. The number of benzene rings is 2. The third-order valence-corrected chi connectivity index (χ3v) is 7.24. The molecule has 0 saturated carbocycles. The quantitative estimate of drug-likeness (QED) is 0.434. The Kier molecular flexibility index (Phi) is 7.09. The lowest BCUT2D eigenvalue weighted by Crippen LogP contribution is -2.51. The number of alkyl halides is 1. The van der Waals surface area contributed by atoms with E-state index >= 15 is 0 Å². The fraction of sp³-hybridized carbons (Fsp3) is 0.345. The van der Waals surface area contributed by atoms with Crippen molar-refractivity contribution in [1.82, 2.24) is 0 Å². The fourth-order valence-electron chi connectivity index (χ4n) is 4.76. The van der Waals surface area contributed by atoms with Gasteiger partial charge in [0.25, 0.3) is 0 Å². The van der Waals surface area contributed by atoms with Crippen LogP contribution in [0.4, 0.5) is 5.69 Å². The highest BCUT2D eigenvalue weighted by molar-refractivity contribution is 6.17. The van der Waals surface area contributed by atoms with Gasteiger partial charge in [0.05, 0.1) is 6.10 Å². The molecule has 0 radical (unpaired) electrons. The van der Waals surface area contributed by atoms with E-state index in [1.807, 2.05) is 10.6 Å². The highest BCUT2D eigenvalue weighted by Crippen LogP contribution is 2.45. The summed E-state index contributed by atoms with van der Waals surface area (Å²) < 4.78 is 18.7. The van der Waals surface area contributed by atoms with E-state index in [0.29, 0.717) is 18.1 Å². The van der Waals surface area contributed by atoms with Crippen molar-refractivity contribution in [2.45, 2.75) is 24.5 Å². The average molecular weight is 492 g/mol. The maximum Gasteiger partial charge on any atom is 0.174 e. The van der Waals surface area contributed by atoms with Crippen LogP contribution >= 0.6 is 11.6 Å². The first-order chi connectivity index (χ1) is 17.1. The smallest absolute Gasteiger partial charge is 0.174 e. The summed E-state index contributed by atoms with van der Waals surface area (Å²) in [6.45, 7) is 7.53. The summed E-state index contributed by atoms with van der Waals surface area (Å²) in [6, 6.07) is 14.9. The van der Waals surface area contributed by atoms with E-state index in [1.54, 1.807) is 14.2 Å². The summed E-state index contributed by atoms with van der Waals surface area (Å²) in [5.74, 6) is 2.32. The zero-order chi connectivity index (χ0) is 24.4. The van der Waals surface area contributed by atoms with Crippen molar-refractivity contribution in [2.75, 3.05) is 45.3 Å². The molecule has 2 aromatic rings. The molecule has 1 aliphatic carbocycles. The SMILES string of the molecule is C=[N+]1CC(OC)C1.COC1CN(c2ccc3c(c2)OC2=CCC=CC2=C3c2ccccc2CCl)C1. The molecular formula is C29H32ClN2O3+. The minimum Gasteiger partial charge on any atom is -0.456 e. The van der Waals surface area contributed by atoms with Crippen LogP contribution in [0.2, 0.25) is 0 Å². The van der Waals surface area contributed by atoms with Crippen LogP contribution in [0.5, 0.6) is 5.75 Å². The van der Waals surface area contributed by atoms with Gasteiger partial charge in [-0.25, -0.2) is 4.58 Å². The van der Waals surface area contributed by atoms with Crippen molar-refractivity contribution in [3.8, 4) is 5.75 Å². The number of halogens is 1.